The van der Waals surface area contributed by atoms with Gasteiger partial charge < -0.3 is 10.6 Å². The summed E-state index contributed by atoms with van der Waals surface area (Å²) in [6.07, 6.45) is 0. The molecule has 0 aliphatic carbocycles. The highest BCUT2D eigenvalue weighted by atomic mass is 16.2. The van der Waals surface area contributed by atoms with Crippen molar-refractivity contribution in [1.82, 2.24) is 4.90 Å². The fourth-order valence-corrected chi connectivity index (χ4v) is 0.976. The molecule has 0 atom stereocenters. The van der Waals surface area contributed by atoms with E-state index in [4.69, 9.17) is 5.73 Å². The molecule has 0 aromatic rings. The summed E-state index contributed by atoms with van der Waals surface area (Å²) in [6, 6.07) is 0. The molecule has 1 heterocycles. The minimum absolute atomic E-state index is 0.166. The van der Waals surface area contributed by atoms with Crippen LogP contribution in [0.5, 0.6) is 0 Å². The Balaban J connectivity index is 2.19. The average molecular weight is 128 g/mol. The van der Waals surface area contributed by atoms with E-state index in [0.717, 1.165) is 13.1 Å². The highest BCUT2D eigenvalue weighted by Gasteiger charge is 2.26. The summed E-state index contributed by atoms with van der Waals surface area (Å²) in [6.45, 7) is 4.04. The van der Waals surface area contributed by atoms with Crippen molar-refractivity contribution >= 4 is 5.91 Å². The molecule has 9 heavy (non-hydrogen) atoms. The Morgan fingerprint density at radius 3 is 2.67 bits per heavy atom. The van der Waals surface area contributed by atoms with E-state index in [1.165, 1.54) is 0 Å². The fourth-order valence-electron chi connectivity index (χ4n) is 0.976. The standard InChI is InChI=1S/C6H12N2O/c1-5(9)8-3-6(2-7)4-8/h6H,2-4,7H2,1H3. The number of nitrogens with two attached hydrogens (primary N) is 1. The molecular weight excluding hydrogens is 116 g/mol. The maximum Gasteiger partial charge on any atom is 0.219 e. The van der Waals surface area contributed by atoms with Crippen LogP contribution in [0.15, 0.2) is 0 Å². The molecule has 0 saturated carbocycles. The van der Waals surface area contributed by atoms with Gasteiger partial charge in [0.05, 0.1) is 0 Å². The first kappa shape index (κ1) is 6.55. The Morgan fingerprint density at radius 2 is 2.33 bits per heavy atom. The van der Waals surface area contributed by atoms with Crippen LogP contribution in [-0.2, 0) is 4.79 Å². The van der Waals surface area contributed by atoms with Gasteiger partial charge in [-0.2, -0.15) is 0 Å². The Morgan fingerprint density at radius 1 is 1.78 bits per heavy atom. The first-order chi connectivity index (χ1) is 4.24. The second kappa shape index (κ2) is 2.35. The highest BCUT2D eigenvalue weighted by Crippen LogP contribution is 2.12. The molecular formula is C6H12N2O. The van der Waals surface area contributed by atoms with Gasteiger partial charge in [-0.25, -0.2) is 0 Å². The lowest BCUT2D eigenvalue weighted by molar-refractivity contribution is -0.134. The van der Waals surface area contributed by atoms with Crippen molar-refractivity contribution in [3.05, 3.63) is 0 Å². The van der Waals surface area contributed by atoms with E-state index >= 15 is 0 Å². The maximum absolute atomic E-state index is 10.6. The first-order valence-corrected chi connectivity index (χ1v) is 3.19. The number of carbonyl (C=O) groups excluding carboxylic acids is 1. The molecule has 0 aromatic heterocycles. The van der Waals surface area contributed by atoms with Gasteiger partial charge in [0, 0.05) is 25.9 Å². The summed E-state index contributed by atoms with van der Waals surface area (Å²) in [5, 5.41) is 0. The number of likely N-dealkylation sites (tertiary alicyclic amines) is 1. The normalized spacial score (nSPS) is 19.6. The Bertz CT molecular complexity index is 118. The third-order valence-corrected chi connectivity index (χ3v) is 1.74. The zero-order valence-corrected chi connectivity index (χ0v) is 5.63. The van der Waals surface area contributed by atoms with Crippen LogP contribution in [0.4, 0.5) is 0 Å². The van der Waals surface area contributed by atoms with Gasteiger partial charge in [-0.1, -0.05) is 0 Å². The Kier molecular flexibility index (Phi) is 1.71. The van der Waals surface area contributed by atoms with Crippen LogP contribution in [0, 0.1) is 5.92 Å². The predicted octanol–water partition coefficient (Wildman–Crippen LogP) is -0.577. The number of nitrogens with zero attached hydrogens (tertiary/aromatic N) is 1. The zero-order chi connectivity index (χ0) is 6.85. The number of hydrogen-bond donors (Lipinski definition) is 1. The van der Waals surface area contributed by atoms with Crippen molar-refractivity contribution in [2.75, 3.05) is 19.6 Å². The van der Waals surface area contributed by atoms with Crippen LogP contribution >= 0.6 is 0 Å². The van der Waals surface area contributed by atoms with Crippen molar-refractivity contribution in [1.29, 1.82) is 0 Å². The lowest BCUT2D eigenvalue weighted by atomic mass is 10.0. The molecule has 0 aromatic carbocycles. The predicted molar refractivity (Wildman–Crippen MR) is 34.8 cm³/mol. The molecule has 0 unspecified atom stereocenters. The molecule has 1 fully saturated rings. The quantitative estimate of drug-likeness (QED) is 0.513. The van der Waals surface area contributed by atoms with E-state index in [0.29, 0.717) is 12.5 Å². The van der Waals surface area contributed by atoms with E-state index in [1.807, 2.05) is 0 Å². The largest absolute Gasteiger partial charge is 0.342 e. The third kappa shape index (κ3) is 1.21. The van der Waals surface area contributed by atoms with Crippen molar-refractivity contribution < 1.29 is 4.79 Å². The second-order valence-electron chi connectivity index (χ2n) is 2.53. The SMILES string of the molecule is CC(=O)N1CC(CN)C1. The van der Waals surface area contributed by atoms with E-state index in [9.17, 15) is 4.79 Å². The van der Waals surface area contributed by atoms with Gasteiger partial charge in [-0.05, 0) is 6.54 Å². The van der Waals surface area contributed by atoms with Gasteiger partial charge in [-0.3, -0.25) is 4.79 Å². The van der Waals surface area contributed by atoms with Gasteiger partial charge in [0.2, 0.25) is 5.91 Å². The molecule has 52 valence electrons. The average Bonchev–Trinajstić information content (AvgIpc) is 1.61. The van der Waals surface area contributed by atoms with Crippen LogP contribution < -0.4 is 5.73 Å². The molecule has 1 aliphatic heterocycles. The van der Waals surface area contributed by atoms with E-state index in [1.54, 1.807) is 11.8 Å². The summed E-state index contributed by atoms with van der Waals surface area (Å²) in [5.74, 6) is 0.730. The molecule has 1 saturated heterocycles. The molecule has 0 radical (unpaired) electrons. The van der Waals surface area contributed by atoms with Crippen LogP contribution in [0.1, 0.15) is 6.92 Å². The first-order valence-electron chi connectivity index (χ1n) is 3.19. The lowest BCUT2D eigenvalue weighted by Crippen LogP contribution is -2.51. The van der Waals surface area contributed by atoms with Gasteiger partial charge in [0.25, 0.3) is 0 Å². The summed E-state index contributed by atoms with van der Waals surface area (Å²) in [4.78, 5) is 12.4. The summed E-state index contributed by atoms with van der Waals surface area (Å²) >= 11 is 0. The number of rotatable bonds is 1. The van der Waals surface area contributed by atoms with Gasteiger partial charge >= 0.3 is 0 Å². The van der Waals surface area contributed by atoms with Gasteiger partial charge in [0.1, 0.15) is 0 Å². The molecule has 0 spiro atoms. The minimum atomic E-state index is 0.166. The third-order valence-electron chi connectivity index (χ3n) is 1.74. The van der Waals surface area contributed by atoms with Gasteiger partial charge in [0.15, 0.2) is 0 Å². The van der Waals surface area contributed by atoms with E-state index < -0.39 is 0 Å². The van der Waals surface area contributed by atoms with Crippen LogP contribution in [0.2, 0.25) is 0 Å². The maximum atomic E-state index is 10.6. The number of carbonyl (C=O) groups is 1. The minimum Gasteiger partial charge on any atom is -0.342 e. The smallest absolute Gasteiger partial charge is 0.219 e. The van der Waals surface area contributed by atoms with Crippen LogP contribution in [0.25, 0.3) is 0 Å². The van der Waals surface area contributed by atoms with E-state index in [2.05, 4.69) is 0 Å². The molecule has 3 heteroatoms. The monoisotopic (exact) mass is 128 g/mol. The molecule has 3 nitrogen and oxygen atoms in total. The van der Waals surface area contributed by atoms with Gasteiger partial charge in [-0.15, -0.1) is 0 Å². The Hall–Kier alpha value is -0.570. The van der Waals surface area contributed by atoms with E-state index in [-0.39, 0.29) is 5.91 Å². The summed E-state index contributed by atoms with van der Waals surface area (Å²) in [7, 11) is 0. The molecule has 1 rings (SSSR count). The van der Waals surface area contributed by atoms with Crippen molar-refractivity contribution in [2.45, 2.75) is 6.92 Å². The fraction of sp³-hybridized carbons (Fsp3) is 0.833. The zero-order valence-electron chi connectivity index (χ0n) is 5.63. The highest BCUT2D eigenvalue weighted by molar-refractivity contribution is 5.74. The molecule has 1 aliphatic rings. The number of amides is 1. The van der Waals surface area contributed by atoms with Crippen molar-refractivity contribution in [2.24, 2.45) is 11.7 Å². The van der Waals surface area contributed by atoms with Crippen LogP contribution in [0.3, 0.4) is 0 Å². The summed E-state index contributed by atoms with van der Waals surface area (Å²) < 4.78 is 0. The topological polar surface area (TPSA) is 46.3 Å². The Labute approximate surface area is 54.8 Å². The summed E-state index contributed by atoms with van der Waals surface area (Å²) in [5.41, 5.74) is 5.36. The molecule has 2 N–H and O–H groups in total. The second-order valence-corrected chi connectivity index (χ2v) is 2.53. The molecule has 1 amide bonds. The molecule has 0 bridgehead atoms. The van der Waals surface area contributed by atoms with Crippen molar-refractivity contribution in [3.8, 4) is 0 Å². The number of hydrogen-bond acceptors (Lipinski definition) is 2. The van der Waals surface area contributed by atoms with Crippen molar-refractivity contribution in [3.63, 3.8) is 0 Å². The lowest BCUT2D eigenvalue weighted by Gasteiger charge is -2.37. The van der Waals surface area contributed by atoms with Crippen LogP contribution in [-0.4, -0.2) is 30.4 Å².